The maximum Gasteiger partial charge on any atom is 0.220 e. The lowest BCUT2D eigenvalue weighted by molar-refractivity contribution is -0.122. The monoisotopic (exact) mass is 353 g/mol. The van der Waals surface area contributed by atoms with Crippen LogP contribution in [-0.2, 0) is 4.79 Å². The van der Waals surface area contributed by atoms with Gasteiger partial charge in [-0.3, -0.25) is 4.79 Å². The molecule has 122 valence electrons. The third-order valence-corrected chi connectivity index (χ3v) is 4.72. The van der Waals surface area contributed by atoms with Crippen LogP contribution in [0.2, 0.25) is 0 Å². The summed E-state index contributed by atoms with van der Waals surface area (Å²) in [7, 11) is 0. The molecular formula is C14H25Cl2N3OS. The quantitative estimate of drug-likeness (QED) is 0.853. The van der Waals surface area contributed by atoms with Gasteiger partial charge < -0.3 is 10.6 Å². The molecule has 2 N–H and O–H groups in total. The maximum atomic E-state index is 11.9. The van der Waals surface area contributed by atoms with Crippen LogP contribution in [0.5, 0.6) is 0 Å². The zero-order valence-corrected chi connectivity index (χ0v) is 15.0. The number of carbonyl (C=O) groups is 1. The fourth-order valence-corrected chi connectivity index (χ4v) is 3.23. The lowest BCUT2D eigenvalue weighted by Gasteiger charge is -2.22. The smallest absolute Gasteiger partial charge is 0.220 e. The first-order valence-corrected chi connectivity index (χ1v) is 7.89. The van der Waals surface area contributed by atoms with Crippen molar-refractivity contribution in [2.45, 2.75) is 45.6 Å². The molecule has 0 radical (unpaired) electrons. The molecule has 0 spiro atoms. The van der Waals surface area contributed by atoms with Gasteiger partial charge in [0.2, 0.25) is 5.91 Å². The molecule has 1 aliphatic heterocycles. The molecule has 1 saturated heterocycles. The average molecular weight is 354 g/mol. The van der Waals surface area contributed by atoms with Crippen molar-refractivity contribution in [3.05, 3.63) is 16.1 Å². The summed E-state index contributed by atoms with van der Waals surface area (Å²) >= 11 is 1.65. The molecule has 2 heterocycles. The van der Waals surface area contributed by atoms with Crippen LogP contribution in [0.4, 0.5) is 0 Å². The summed E-state index contributed by atoms with van der Waals surface area (Å²) in [5.41, 5.74) is 0. The summed E-state index contributed by atoms with van der Waals surface area (Å²) in [6, 6.07) is 0.0271. The number of amides is 1. The first-order chi connectivity index (χ1) is 9.15. The Morgan fingerprint density at radius 2 is 2.14 bits per heavy atom. The molecule has 0 aliphatic carbocycles. The Balaban J connectivity index is 0.00000200. The van der Waals surface area contributed by atoms with Crippen molar-refractivity contribution in [2.75, 3.05) is 13.1 Å². The molecule has 0 aromatic carbocycles. The van der Waals surface area contributed by atoms with Gasteiger partial charge in [-0.25, -0.2) is 4.98 Å². The van der Waals surface area contributed by atoms with E-state index in [1.165, 1.54) is 17.7 Å². The minimum Gasteiger partial charge on any atom is -0.347 e. The van der Waals surface area contributed by atoms with Crippen LogP contribution < -0.4 is 10.6 Å². The van der Waals surface area contributed by atoms with Crippen molar-refractivity contribution in [3.8, 4) is 0 Å². The Labute approximate surface area is 143 Å². The number of hydrogen-bond acceptors (Lipinski definition) is 4. The second kappa shape index (κ2) is 10.4. The molecule has 1 aliphatic rings. The van der Waals surface area contributed by atoms with E-state index in [2.05, 4.69) is 15.6 Å². The first kappa shape index (κ1) is 20.6. The molecule has 1 atom stereocenters. The highest BCUT2D eigenvalue weighted by atomic mass is 35.5. The number of halogens is 2. The number of nitrogens with zero attached hydrogens (tertiary/aromatic N) is 1. The highest BCUT2D eigenvalue weighted by Crippen LogP contribution is 2.20. The van der Waals surface area contributed by atoms with Crippen molar-refractivity contribution < 1.29 is 4.79 Å². The fraction of sp³-hybridized carbons (Fsp3) is 0.714. The average Bonchev–Trinajstić information content (AvgIpc) is 2.84. The summed E-state index contributed by atoms with van der Waals surface area (Å²) in [6.45, 7) is 6.23. The molecular weight excluding hydrogens is 329 g/mol. The van der Waals surface area contributed by atoms with E-state index < -0.39 is 0 Å². The Morgan fingerprint density at radius 1 is 1.48 bits per heavy atom. The Morgan fingerprint density at radius 3 is 2.71 bits per heavy atom. The van der Waals surface area contributed by atoms with Gasteiger partial charge in [0.15, 0.2) is 0 Å². The SMILES string of the molecule is Cc1cnc(C(C)NC(=O)CCC2CCNCC2)s1.Cl.Cl. The summed E-state index contributed by atoms with van der Waals surface area (Å²) in [4.78, 5) is 17.4. The fourth-order valence-electron chi connectivity index (χ4n) is 2.45. The predicted octanol–water partition coefficient (Wildman–Crippen LogP) is 3.25. The highest BCUT2D eigenvalue weighted by Gasteiger charge is 2.16. The summed E-state index contributed by atoms with van der Waals surface area (Å²) in [6.07, 6.45) is 5.91. The van der Waals surface area contributed by atoms with Crippen molar-refractivity contribution in [2.24, 2.45) is 5.92 Å². The molecule has 21 heavy (non-hydrogen) atoms. The van der Waals surface area contributed by atoms with Crippen LogP contribution in [-0.4, -0.2) is 24.0 Å². The molecule has 1 fully saturated rings. The number of nitrogens with one attached hydrogen (secondary N) is 2. The van der Waals surface area contributed by atoms with E-state index in [9.17, 15) is 4.79 Å². The van der Waals surface area contributed by atoms with Gasteiger partial charge in [-0.2, -0.15) is 0 Å². The zero-order chi connectivity index (χ0) is 13.7. The van der Waals surface area contributed by atoms with E-state index in [0.29, 0.717) is 12.3 Å². The standard InChI is InChI=1S/C14H23N3OS.2ClH/c1-10-9-16-14(19-10)11(2)17-13(18)4-3-12-5-7-15-8-6-12;;/h9,11-12,15H,3-8H2,1-2H3,(H,17,18);2*1H. The van der Waals surface area contributed by atoms with Gasteiger partial charge in [0, 0.05) is 17.5 Å². The molecule has 2 rings (SSSR count). The number of hydrogen-bond donors (Lipinski definition) is 2. The van der Waals surface area contributed by atoms with Crippen molar-refractivity contribution in [3.63, 3.8) is 0 Å². The second-order valence-corrected chi connectivity index (χ2v) is 6.60. The van der Waals surface area contributed by atoms with Gasteiger partial charge in [0.1, 0.15) is 5.01 Å². The van der Waals surface area contributed by atoms with Crippen molar-refractivity contribution in [1.82, 2.24) is 15.6 Å². The van der Waals surface area contributed by atoms with E-state index in [-0.39, 0.29) is 36.8 Å². The van der Waals surface area contributed by atoms with Crippen LogP contribution in [0.3, 0.4) is 0 Å². The van der Waals surface area contributed by atoms with Gasteiger partial charge >= 0.3 is 0 Å². The second-order valence-electron chi connectivity index (χ2n) is 5.33. The van der Waals surface area contributed by atoms with Crippen LogP contribution in [0.1, 0.15) is 48.5 Å². The maximum absolute atomic E-state index is 11.9. The molecule has 0 bridgehead atoms. The molecule has 1 amide bonds. The first-order valence-electron chi connectivity index (χ1n) is 7.07. The Bertz CT molecular complexity index is 422. The van der Waals surface area contributed by atoms with Crippen LogP contribution >= 0.6 is 36.2 Å². The van der Waals surface area contributed by atoms with Gasteiger partial charge in [0.05, 0.1) is 6.04 Å². The molecule has 1 aromatic heterocycles. The van der Waals surface area contributed by atoms with Gasteiger partial charge in [-0.15, -0.1) is 36.2 Å². The van der Waals surface area contributed by atoms with Crippen LogP contribution in [0.25, 0.3) is 0 Å². The molecule has 4 nitrogen and oxygen atoms in total. The molecule has 0 saturated carbocycles. The van der Waals surface area contributed by atoms with Crippen molar-refractivity contribution in [1.29, 1.82) is 0 Å². The van der Waals surface area contributed by atoms with E-state index >= 15 is 0 Å². The lowest BCUT2D eigenvalue weighted by Crippen LogP contribution is -2.30. The summed E-state index contributed by atoms with van der Waals surface area (Å²) < 4.78 is 0. The summed E-state index contributed by atoms with van der Waals surface area (Å²) in [5, 5.41) is 7.39. The van der Waals surface area contributed by atoms with Gasteiger partial charge in [0.25, 0.3) is 0 Å². The zero-order valence-electron chi connectivity index (χ0n) is 12.6. The minimum atomic E-state index is 0. The van der Waals surface area contributed by atoms with Gasteiger partial charge in [-0.05, 0) is 52.1 Å². The van der Waals surface area contributed by atoms with E-state index in [0.717, 1.165) is 24.5 Å². The number of aromatic nitrogens is 1. The Hall–Kier alpha value is -0.360. The minimum absolute atomic E-state index is 0. The van der Waals surface area contributed by atoms with Gasteiger partial charge in [-0.1, -0.05) is 0 Å². The number of piperidine rings is 1. The number of thiazole rings is 1. The number of rotatable bonds is 5. The highest BCUT2D eigenvalue weighted by molar-refractivity contribution is 7.11. The molecule has 1 aromatic rings. The van der Waals surface area contributed by atoms with Crippen LogP contribution in [0, 0.1) is 12.8 Å². The Kier molecular flexibility index (Phi) is 10.2. The summed E-state index contributed by atoms with van der Waals surface area (Å²) in [5.74, 6) is 0.864. The van der Waals surface area contributed by atoms with Crippen molar-refractivity contribution >= 4 is 42.1 Å². The number of carbonyl (C=O) groups excluding carboxylic acids is 1. The largest absolute Gasteiger partial charge is 0.347 e. The third kappa shape index (κ3) is 6.96. The third-order valence-electron chi connectivity index (χ3n) is 3.63. The van der Waals surface area contributed by atoms with Crippen LogP contribution in [0.15, 0.2) is 6.20 Å². The molecule has 1 unspecified atom stereocenters. The normalized spacial score (nSPS) is 16.5. The lowest BCUT2D eigenvalue weighted by atomic mass is 9.93. The van der Waals surface area contributed by atoms with E-state index in [1.807, 2.05) is 20.0 Å². The predicted molar refractivity (Wildman–Crippen MR) is 92.7 cm³/mol. The topological polar surface area (TPSA) is 54.0 Å². The van der Waals surface area contributed by atoms with E-state index in [4.69, 9.17) is 0 Å². The number of aryl methyl sites for hydroxylation is 1. The molecule has 7 heteroatoms. The van der Waals surface area contributed by atoms with E-state index in [1.54, 1.807) is 11.3 Å².